The van der Waals surface area contributed by atoms with E-state index in [1.54, 1.807) is 36.7 Å². The van der Waals surface area contributed by atoms with Gasteiger partial charge < -0.3 is 9.15 Å². The Balaban J connectivity index is 1.80. The van der Waals surface area contributed by atoms with Crippen molar-refractivity contribution in [3.05, 3.63) is 75.3 Å². The summed E-state index contributed by atoms with van der Waals surface area (Å²) in [4.78, 5) is 33.4. The molecule has 0 radical (unpaired) electrons. The van der Waals surface area contributed by atoms with Crippen molar-refractivity contribution in [3.63, 3.8) is 0 Å². The van der Waals surface area contributed by atoms with Gasteiger partial charge in [0.15, 0.2) is 10.9 Å². The monoisotopic (exact) mass is 444 g/mol. The number of hydrogen-bond acceptors (Lipinski definition) is 8. The highest BCUT2D eigenvalue weighted by Crippen LogP contribution is 2.39. The van der Waals surface area contributed by atoms with Gasteiger partial charge in [0.1, 0.15) is 16.2 Å². The molecule has 1 amide bonds. The Labute approximate surface area is 178 Å². The third-order valence-corrected chi connectivity index (χ3v) is 5.73. The van der Waals surface area contributed by atoms with Crippen molar-refractivity contribution >= 4 is 50.1 Å². The molecule has 0 atom stereocenters. The molecule has 0 saturated heterocycles. The SMILES string of the molecule is COc1ccc(Cl)c2sc(N(Cc3cccnc3)C(=O)c3ccc([N+](=O)[O-])o3)nc12. The van der Waals surface area contributed by atoms with Crippen LogP contribution in [0.3, 0.4) is 0 Å². The minimum Gasteiger partial charge on any atom is -0.494 e. The molecule has 4 aromatic rings. The van der Waals surface area contributed by atoms with Crippen LogP contribution in [0, 0.1) is 10.1 Å². The number of furan rings is 1. The summed E-state index contributed by atoms with van der Waals surface area (Å²) in [6.45, 7) is 0.126. The quantitative estimate of drug-likeness (QED) is 0.313. The number of ether oxygens (including phenoxy) is 1. The van der Waals surface area contributed by atoms with Gasteiger partial charge in [-0.25, -0.2) is 4.98 Å². The van der Waals surface area contributed by atoms with E-state index < -0.39 is 16.7 Å². The van der Waals surface area contributed by atoms with Crippen LogP contribution in [0.5, 0.6) is 5.75 Å². The van der Waals surface area contributed by atoms with Crippen LogP contribution in [0.2, 0.25) is 5.02 Å². The minimum atomic E-state index is -0.704. The van der Waals surface area contributed by atoms with Crippen LogP contribution < -0.4 is 9.64 Å². The highest BCUT2D eigenvalue weighted by atomic mass is 35.5. The first kappa shape index (κ1) is 19.8. The number of amides is 1. The van der Waals surface area contributed by atoms with E-state index in [1.807, 2.05) is 0 Å². The predicted octanol–water partition coefficient (Wildman–Crippen LogP) is 4.70. The van der Waals surface area contributed by atoms with Crippen LogP contribution in [0.25, 0.3) is 10.2 Å². The lowest BCUT2D eigenvalue weighted by molar-refractivity contribution is -0.402. The first-order chi connectivity index (χ1) is 14.5. The van der Waals surface area contributed by atoms with Crippen LogP contribution in [-0.2, 0) is 6.54 Å². The lowest BCUT2D eigenvalue weighted by Gasteiger charge is -2.18. The first-order valence-electron chi connectivity index (χ1n) is 8.56. The van der Waals surface area contributed by atoms with E-state index in [-0.39, 0.29) is 12.3 Å². The topological polar surface area (TPSA) is 112 Å². The second-order valence-corrected chi connectivity index (χ2v) is 7.46. The van der Waals surface area contributed by atoms with Crippen molar-refractivity contribution in [2.75, 3.05) is 12.0 Å². The molecule has 30 heavy (non-hydrogen) atoms. The fourth-order valence-corrected chi connectivity index (χ4v) is 4.05. The number of nitro groups is 1. The molecule has 0 fully saturated rings. The number of hydrogen-bond donors (Lipinski definition) is 0. The maximum Gasteiger partial charge on any atom is 0.433 e. The van der Waals surface area contributed by atoms with Gasteiger partial charge in [0.2, 0.25) is 0 Å². The molecular formula is C19H13ClN4O5S. The second kappa shape index (κ2) is 8.09. The van der Waals surface area contributed by atoms with Crippen molar-refractivity contribution in [2.24, 2.45) is 0 Å². The second-order valence-electron chi connectivity index (χ2n) is 6.07. The van der Waals surface area contributed by atoms with Gasteiger partial charge in [-0.05, 0) is 29.8 Å². The number of fused-ring (bicyclic) bond motifs is 1. The molecule has 0 unspecified atom stereocenters. The Hall–Kier alpha value is -3.50. The molecule has 0 bridgehead atoms. The van der Waals surface area contributed by atoms with E-state index >= 15 is 0 Å². The highest BCUT2D eigenvalue weighted by molar-refractivity contribution is 7.23. The maximum atomic E-state index is 13.2. The zero-order valence-corrected chi connectivity index (χ0v) is 17.0. The number of halogens is 1. The van der Waals surface area contributed by atoms with E-state index in [2.05, 4.69) is 9.97 Å². The van der Waals surface area contributed by atoms with Gasteiger partial charge in [-0.1, -0.05) is 29.0 Å². The Morgan fingerprint density at radius 3 is 2.83 bits per heavy atom. The van der Waals surface area contributed by atoms with Crippen LogP contribution in [-0.4, -0.2) is 27.9 Å². The summed E-state index contributed by atoms with van der Waals surface area (Å²) in [7, 11) is 1.52. The Morgan fingerprint density at radius 2 is 2.17 bits per heavy atom. The molecular weight excluding hydrogens is 432 g/mol. The molecule has 11 heteroatoms. The standard InChI is InChI=1S/C19H13ClN4O5S/c1-28-13-5-4-12(20)17-16(13)22-19(30-17)23(10-11-3-2-8-21-9-11)18(25)14-6-7-15(29-14)24(26)27/h2-9H,10H2,1H3. The van der Waals surface area contributed by atoms with Crippen LogP contribution >= 0.6 is 22.9 Å². The van der Waals surface area contributed by atoms with E-state index in [9.17, 15) is 14.9 Å². The van der Waals surface area contributed by atoms with Gasteiger partial charge in [0.25, 0.3) is 5.91 Å². The number of methoxy groups -OCH3 is 1. The zero-order chi connectivity index (χ0) is 21.3. The molecule has 152 valence electrons. The van der Waals surface area contributed by atoms with E-state index in [0.717, 1.165) is 11.6 Å². The number of aromatic nitrogens is 2. The lowest BCUT2D eigenvalue weighted by atomic mass is 10.2. The molecule has 9 nitrogen and oxygen atoms in total. The minimum absolute atomic E-state index is 0.126. The van der Waals surface area contributed by atoms with Crippen LogP contribution in [0.4, 0.5) is 11.0 Å². The number of benzene rings is 1. The summed E-state index contributed by atoms with van der Waals surface area (Å²) in [5, 5.41) is 11.7. The fourth-order valence-electron chi connectivity index (χ4n) is 2.80. The maximum absolute atomic E-state index is 13.2. The molecule has 0 aliphatic rings. The van der Waals surface area contributed by atoms with Crippen LogP contribution in [0.1, 0.15) is 16.1 Å². The largest absolute Gasteiger partial charge is 0.494 e. The lowest BCUT2D eigenvalue weighted by Crippen LogP contribution is -2.30. The summed E-state index contributed by atoms with van der Waals surface area (Å²) >= 11 is 7.51. The number of carbonyl (C=O) groups excluding carboxylic acids is 1. The molecule has 0 saturated carbocycles. The Kier molecular flexibility index (Phi) is 5.34. The van der Waals surface area contributed by atoms with Crippen molar-refractivity contribution in [3.8, 4) is 5.75 Å². The number of nitrogens with zero attached hydrogens (tertiary/aromatic N) is 4. The predicted molar refractivity (Wildman–Crippen MR) is 111 cm³/mol. The number of thiazole rings is 1. The van der Waals surface area contributed by atoms with Gasteiger partial charge in [0.05, 0.1) is 29.4 Å². The average Bonchev–Trinajstić information content (AvgIpc) is 3.41. The zero-order valence-electron chi connectivity index (χ0n) is 15.4. The van der Waals surface area contributed by atoms with E-state index in [0.29, 0.717) is 26.1 Å². The number of carbonyl (C=O) groups is 1. The van der Waals surface area contributed by atoms with Gasteiger partial charge in [-0.2, -0.15) is 0 Å². The summed E-state index contributed by atoms with van der Waals surface area (Å²) in [6.07, 6.45) is 3.24. The molecule has 0 spiro atoms. The fraction of sp³-hybridized carbons (Fsp3) is 0.105. The first-order valence-corrected chi connectivity index (χ1v) is 9.75. The summed E-state index contributed by atoms with van der Waals surface area (Å²) in [5.41, 5.74) is 1.25. The van der Waals surface area contributed by atoms with Crippen molar-refractivity contribution in [2.45, 2.75) is 6.54 Å². The van der Waals surface area contributed by atoms with Crippen molar-refractivity contribution in [1.29, 1.82) is 0 Å². The molecule has 0 aliphatic carbocycles. The van der Waals surface area contributed by atoms with Gasteiger partial charge in [-0.3, -0.25) is 24.8 Å². The highest BCUT2D eigenvalue weighted by Gasteiger charge is 2.27. The Bertz CT molecular complexity index is 1240. The van der Waals surface area contributed by atoms with Crippen LogP contribution in [0.15, 0.2) is 53.2 Å². The molecule has 0 aliphatic heterocycles. The average molecular weight is 445 g/mol. The summed E-state index contributed by atoms with van der Waals surface area (Å²) in [6, 6.07) is 9.32. The molecule has 3 heterocycles. The van der Waals surface area contributed by atoms with Gasteiger partial charge >= 0.3 is 5.88 Å². The Morgan fingerprint density at radius 1 is 1.33 bits per heavy atom. The number of rotatable bonds is 6. The van der Waals surface area contributed by atoms with Gasteiger partial charge in [-0.15, -0.1) is 0 Å². The van der Waals surface area contributed by atoms with Crippen molar-refractivity contribution in [1.82, 2.24) is 9.97 Å². The third-order valence-electron chi connectivity index (χ3n) is 4.19. The summed E-state index contributed by atoms with van der Waals surface area (Å²) < 4.78 is 11.1. The molecule has 3 aromatic heterocycles. The normalized spacial score (nSPS) is 10.9. The van der Waals surface area contributed by atoms with Crippen molar-refractivity contribution < 1.29 is 18.9 Å². The molecule has 4 rings (SSSR count). The molecule has 1 aromatic carbocycles. The van der Waals surface area contributed by atoms with Gasteiger partial charge in [0, 0.05) is 12.4 Å². The van der Waals surface area contributed by atoms with E-state index in [1.165, 1.54) is 29.4 Å². The summed E-state index contributed by atoms with van der Waals surface area (Å²) in [5.74, 6) is -0.767. The number of anilines is 1. The molecule has 0 N–H and O–H groups in total. The van der Waals surface area contributed by atoms with E-state index in [4.69, 9.17) is 20.8 Å². The number of pyridine rings is 1. The third kappa shape index (κ3) is 3.70. The smallest absolute Gasteiger partial charge is 0.433 e.